The molecule has 1 aromatic heterocycles. The number of carbonyl (C=O) groups is 2. The lowest BCUT2D eigenvalue weighted by Crippen LogP contribution is -2.53. The second-order valence-corrected chi connectivity index (χ2v) is 12.0. The SMILES string of the molecule is O=C(O)c1ccccc1CNC(=O)C12CCC(OCc3c(-c4c(Cl)cccc4Cl)noc3C3CC3)(CC1)CC2. The molecule has 0 saturated heterocycles. The quantitative estimate of drug-likeness (QED) is 0.284. The van der Waals surface area contributed by atoms with Crippen LogP contribution in [0.5, 0.6) is 0 Å². The molecule has 4 fully saturated rings. The molecule has 2 N–H and O–H groups in total. The predicted octanol–water partition coefficient (Wildman–Crippen LogP) is 7.15. The molecule has 0 atom stereocenters. The Morgan fingerprint density at radius 2 is 1.67 bits per heavy atom. The van der Waals surface area contributed by atoms with Crippen molar-refractivity contribution in [3.05, 3.63) is 75.0 Å². The number of fused-ring (bicyclic) bond motifs is 3. The average molecular weight is 569 g/mol. The number of aromatic carboxylic acids is 1. The van der Waals surface area contributed by atoms with Gasteiger partial charge in [0.25, 0.3) is 0 Å². The molecule has 2 aromatic carbocycles. The summed E-state index contributed by atoms with van der Waals surface area (Å²) >= 11 is 13.0. The number of ether oxygens (including phenoxy) is 1. The van der Waals surface area contributed by atoms with Crippen LogP contribution in [0.15, 0.2) is 47.0 Å². The minimum Gasteiger partial charge on any atom is -0.478 e. The van der Waals surface area contributed by atoms with Crippen molar-refractivity contribution in [1.82, 2.24) is 10.5 Å². The van der Waals surface area contributed by atoms with Gasteiger partial charge in [-0.25, -0.2) is 4.79 Å². The Morgan fingerprint density at radius 1 is 1.00 bits per heavy atom. The topological polar surface area (TPSA) is 102 Å². The standard InChI is InChI=1S/C30H30Cl2N2O5/c31-22-6-3-7-23(32)24(22)25-21(26(39-34-25)18-8-9-18)17-38-30-13-10-29(11-14-30,12-15-30)28(37)33-16-19-4-1-2-5-20(19)27(35)36/h1-7,18H,8-17H2,(H,33,37)(H,35,36). The summed E-state index contributed by atoms with van der Waals surface area (Å²) in [7, 11) is 0. The van der Waals surface area contributed by atoms with Crippen molar-refractivity contribution in [2.24, 2.45) is 5.41 Å². The molecule has 39 heavy (non-hydrogen) atoms. The van der Waals surface area contributed by atoms with Crippen LogP contribution in [0.3, 0.4) is 0 Å². The van der Waals surface area contributed by atoms with E-state index in [2.05, 4.69) is 10.5 Å². The fourth-order valence-corrected chi connectivity index (χ4v) is 6.80. The zero-order chi connectivity index (χ0) is 27.2. The van der Waals surface area contributed by atoms with Crippen LogP contribution in [0.1, 0.15) is 84.5 Å². The average Bonchev–Trinajstić information content (AvgIpc) is 3.71. The predicted molar refractivity (Wildman–Crippen MR) is 147 cm³/mol. The van der Waals surface area contributed by atoms with E-state index in [9.17, 15) is 14.7 Å². The van der Waals surface area contributed by atoms with Crippen LogP contribution in [0.25, 0.3) is 11.3 Å². The van der Waals surface area contributed by atoms with Crippen molar-refractivity contribution >= 4 is 35.1 Å². The number of hydrogen-bond acceptors (Lipinski definition) is 5. The maximum Gasteiger partial charge on any atom is 0.336 e. The van der Waals surface area contributed by atoms with Crippen molar-refractivity contribution in [2.75, 3.05) is 0 Å². The number of carboxylic acids is 1. The summed E-state index contributed by atoms with van der Waals surface area (Å²) in [5, 5.41) is 17.9. The minimum absolute atomic E-state index is 0.00157. The number of nitrogens with one attached hydrogen (secondary N) is 1. The van der Waals surface area contributed by atoms with Gasteiger partial charge in [0.2, 0.25) is 5.91 Å². The van der Waals surface area contributed by atoms with Crippen LogP contribution in [0.2, 0.25) is 10.0 Å². The molecule has 9 heteroatoms. The third-order valence-corrected chi connectivity index (χ3v) is 9.47. The molecule has 0 spiro atoms. The fraction of sp³-hybridized carbons (Fsp3) is 0.433. The lowest BCUT2D eigenvalue weighted by atomic mass is 9.58. The first-order valence-corrected chi connectivity index (χ1v) is 14.2. The number of rotatable bonds is 9. The van der Waals surface area contributed by atoms with Crippen molar-refractivity contribution in [2.45, 2.75) is 76.0 Å². The highest BCUT2D eigenvalue weighted by molar-refractivity contribution is 6.39. The molecule has 3 aromatic rings. The van der Waals surface area contributed by atoms with Crippen LogP contribution < -0.4 is 5.32 Å². The first-order chi connectivity index (χ1) is 18.8. The summed E-state index contributed by atoms with van der Waals surface area (Å²) < 4.78 is 12.5. The van der Waals surface area contributed by atoms with Crippen LogP contribution in [-0.2, 0) is 22.7 Å². The highest BCUT2D eigenvalue weighted by Gasteiger charge is 2.53. The molecule has 1 amide bonds. The van der Waals surface area contributed by atoms with Crippen LogP contribution in [-0.4, -0.2) is 27.7 Å². The maximum absolute atomic E-state index is 13.3. The number of benzene rings is 2. The largest absolute Gasteiger partial charge is 0.478 e. The molecule has 204 valence electrons. The summed E-state index contributed by atoms with van der Waals surface area (Å²) in [6.45, 7) is 0.562. The molecule has 7 nitrogen and oxygen atoms in total. The van der Waals surface area contributed by atoms with Gasteiger partial charge in [0, 0.05) is 29.0 Å². The van der Waals surface area contributed by atoms with Gasteiger partial charge in [-0.1, -0.05) is 52.6 Å². The van der Waals surface area contributed by atoms with Gasteiger partial charge in [0.1, 0.15) is 11.5 Å². The Labute approximate surface area is 236 Å². The number of aromatic nitrogens is 1. The maximum atomic E-state index is 13.3. The normalized spacial score (nSPS) is 24.1. The molecular formula is C30H30Cl2N2O5. The minimum atomic E-state index is -0.993. The Morgan fingerprint density at radius 3 is 2.31 bits per heavy atom. The number of halogens is 2. The Balaban J connectivity index is 1.13. The summed E-state index contributed by atoms with van der Waals surface area (Å²) in [5.41, 5.74) is 2.32. The molecule has 0 aliphatic heterocycles. The number of hydrogen-bond donors (Lipinski definition) is 2. The van der Waals surface area contributed by atoms with Crippen molar-refractivity contribution in [1.29, 1.82) is 0 Å². The monoisotopic (exact) mass is 568 g/mol. The smallest absolute Gasteiger partial charge is 0.336 e. The van der Waals surface area contributed by atoms with Crippen LogP contribution in [0, 0.1) is 5.41 Å². The van der Waals surface area contributed by atoms with E-state index < -0.39 is 11.4 Å². The van der Waals surface area contributed by atoms with E-state index in [1.54, 1.807) is 36.4 Å². The summed E-state index contributed by atoms with van der Waals surface area (Å²) in [6.07, 6.45) is 6.72. The van der Waals surface area contributed by atoms with Gasteiger partial charge in [-0.15, -0.1) is 0 Å². The zero-order valence-electron chi connectivity index (χ0n) is 21.5. The lowest BCUT2D eigenvalue weighted by Gasteiger charge is -2.52. The van der Waals surface area contributed by atoms with E-state index in [-0.39, 0.29) is 23.6 Å². The number of carboxylic acid groups (broad SMARTS) is 1. The van der Waals surface area contributed by atoms with Gasteiger partial charge in [0.05, 0.1) is 27.8 Å². The van der Waals surface area contributed by atoms with Crippen molar-refractivity contribution in [3.8, 4) is 11.3 Å². The van der Waals surface area contributed by atoms with Crippen LogP contribution in [0.4, 0.5) is 0 Å². The van der Waals surface area contributed by atoms with Gasteiger partial charge in [0.15, 0.2) is 0 Å². The number of amides is 1. The van der Waals surface area contributed by atoms with Gasteiger partial charge >= 0.3 is 5.97 Å². The summed E-state index contributed by atoms with van der Waals surface area (Å²) in [5.74, 6) is 0.220. The van der Waals surface area contributed by atoms with Gasteiger partial charge in [-0.3, -0.25) is 4.79 Å². The highest BCUT2D eigenvalue weighted by atomic mass is 35.5. The number of carbonyl (C=O) groups excluding carboxylic acids is 1. The van der Waals surface area contributed by atoms with Gasteiger partial charge in [-0.2, -0.15) is 0 Å². The third kappa shape index (κ3) is 4.96. The Hall–Kier alpha value is -2.87. The first kappa shape index (κ1) is 26.4. The second-order valence-electron chi connectivity index (χ2n) is 11.1. The number of nitrogens with zero attached hydrogens (tertiary/aromatic N) is 1. The zero-order valence-corrected chi connectivity index (χ0v) is 23.0. The lowest BCUT2D eigenvalue weighted by molar-refractivity contribution is -0.162. The molecule has 4 aliphatic carbocycles. The van der Waals surface area contributed by atoms with Crippen molar-refractivity contribution in [3.63, 3.8) is 0 Å². The molecule has 0 unspecified atom stereocenters. The Kier molecular flexibility index (Phi) is 6.94. The molecular weight excluding hydrogens is 539 g/mol. The first-order valence-electron chi connectivity index (χ1n) is 13.5. The van der Waals surface area contributed by atoms with E-state index in [0.717, 1.165) is 62.7 Å². The second kappa shape index (κ2) is 10.3. The van der Waals surface area contributed by atoms with E-state index in [1.807, 2.05) is 6.07 Å². The molecule has 2 bridgehead atoms. The van der Waals surface area contributed by atoms with Gasteiger partial charge in [-0.05, 0) is 75.1 Å². The molecule has 4 aliphatic rings. The fourth-order valence-electron chi connectivity index (χ4n) is 6.23. The highest BCUT2D eigenvalue weighted by Crippen LogP contribution is 2.55. The van der Waals surface area contributed by atoms with E-state index in [1.165, 1.54) is 0 Å². The molecule has 4 saturated carbocycles. The molecule has 7 rings (SSSR count). The van der Waals surface area contributed by atoms with E-state index in [0.29, 0.717) is 39.4 Å². The molecule has 1 heterocycles. The van der Waals surface area contributed by atoms with E-state index >= 15 is 0 Å². The molecule has 0 radical (unpaired) electrons. The van der Waals surface area contributed by atoms with Crippen LogP contribution >= 0.6 is 23.2 Å². The van der Waals surface area contributed by atoms with Gasteiger partial charge < -0.3 is 19.7 Å². The Bertz CT molecular complexity index is 1390. The summed E-state index contributed by atoms with van der Waals surface area (Å²) in [6, 6.07) is 12.2. The van der Waals surface area contributed by atoms with Crippen molar-refractivity contribution < 1.29 is 24.0 Å². The third-order valence-electron chi connectivity index (χ3n) is 8.84. The van der Waals surface area contributed by atoms with E-state index in [4.69, 9.17) is 32.5 Å². The summed E-state index contributed by atoms with van der Waals surface area (Å²) in [4.78, 5) is 24.8.